The molecule has 2 N–H and O–H groups in total. The van der Waals surface area contributed by atoms with Crippen LogP contribution in [0.5, 0.6) is 0 Å². The zero-order valence-corrected chi connectivity index (χ0v) is 9.11. The van der Waals surface area contributed by atoms with Crippen molar-refractivity contribution >= 4 is 5.91 Å². The molecule has 0 aromatic carbocycles. The van der Waals surface area contributed by atoms with E-state index in [9.17, 15) is 4.79 Å². The van der Waals surface area contributed by atoms with Gasteiger partial charge in [0, 0.05) is 19.5 Å². The van der Waals surface area contributed by atoms with Crippen molar-refractivity contribution in [1.82, 2.24) is 10.2 Å². The summed E-state index contributed by atoms with van der Waals surface area (Å²) in [7, 11) is 0. The highest BCUT2D eigenvalue weighted by atomic mass is 16.3. The van der Waals surface area contributed by atoms with Gasteiger partial charge >= 0.3 is 0 Å². The van der Waals surface area contributed by atoms with Crippen LogP contribution in [-0.4, -0.2) is 48.2 Å². The van der Waals surface area contributed by atoms with Crippen molar-refractivity contribution < 1.29 is 9.90 Å². The Balaban J connectivity index is 1.62. The van der Waals surface area contributed by atoms with E-state index in [1.54, 1.807) is 4.90 Å². The molecule has 2 heterocycles. The molecule has 0 radical (unpaired) electrons. The fourth-order valence-corrected chi connectivity index (χ4v) is 2.32. The summed E-state index contributed by atoms with van der Waals surface area (Å²) in [5, 5.41) is 12.4. The predicted octanol–water partition coefficient (Wildman–Crippen LogP) is -0.0307. The molecule has 1 amide bonds. The van der Waals surface area contributed by atoms with Gasteiger partial charge in [0.15, 0.2) is 0 Å². The third-order valence-corrected chi connectivity index (χ3v) is 3.38. The van der Waals surface area contributed by atoms with Crippen LogP contribution in [0.3, 0.4) is 0 Å². The Morgan fingerprint density at radius 1 is 1.47 bits per heavy atom. The maximum Gasteiger partial charge on any atom is 0.222 e. The number of rotatable bonds is 3. The summed E-state index contributed by atoms with van der Waals surface area (Å²) in [5.41, 5.74) is 0. The van der Waals surface area contributed by atoms with Gasteiger partial charge in [-0.25, -0.2) is 0 Å². The number of hydrogen-bond acceptors (Lipinski definition) is 3. The molecule has 0 aromatic rings. The van der Waals surface area contributed by atoms with E-state index in [1.165, 1.54) is 12.8 Å². The monoisotopic (exact) mass is 212 g/mol. The lowest BCUT2D eigenvalue weighted by Crippen LogP contribution is -2.53. The van der Waals surface area contributed by atoms with E-state index in [4.69, 9.17) is 5.11 Å². The number of carbonyl (C=O) groups excluding carboxylic acids is 1. The summed E-state index contributed by atoms with van der Waals surface area (Å²) >= 11 is 0. The van der Waals surface area contributed by atoms with Crippen molar-refractivity contribution in [3.63, 3.8) is 0 Å². The van der Waals surface area contributed by atoms with E-state index in [1.807, 2.05) is 0 Å². The number of nitrogens with one attached hydrogen (secondary N) is 1. The molecule has 4 heteroatoms. The Morgan fingerprint density at radius 2 is 2.27 bits per heavy atom. The van der Waals surface area contributed by atoms with Crippen molar-refractivity contribution in [2.75, 3.05) is 26.2 Å². The van der Waals surface area contributed by atoms with E-state index in [0.29, 0.717) is 25.4 Å². The topological polar surface area (TPSA) is 52.6 Å². The Kier molecular flexibility index (Phi) is 3.59. The predicted molar refractivity (Wildman–Crippen MR) is 57.4 cm³/mol. The Labute approximate surface area is 90.6 Å². The molecule has 4 nitrogen and oxygen atoms in total. The summed E-state index contributed by atoms with van der Waals surface area (Å²) in [6.45, 7) is 3.28. The molecule has 2 fully saturated rings. The first-order valence-electron chi connectivity index (χ1n) is 5.92. The fourth-order valence-electron chi connectivity index (χ4n) is 2.32. The molecule has 0 spiro atoms. The number of piperidine rings is 1. The highest BCUT2D eigenvalue weighted by Gasteiger charge is 2.28. The number of likely N-dealkylation sites (tertiary alicyclic amines) is 1. The minimum absolute atomic E-state index is 0.214. The molecule has 1 atom stereocenters. The van der Waals surface area contributed by atoms with Crippen molar-refractivity contribution in [3.8, 4) is 0 Å². The highest BCUT2D eigenvalue weighted by molar-refractivity contribution is 5.77. The van der Waals surface area contributed by atoms with Crippen LogP contribution in [0.25, 0.3) is 0 Å². The summed E-state index contributed by atoms with van der Waals surface area (Å²) in [4.78, 5) is 13.4. The molecule has 1 unspecified atom stereocenters. The van der Waals surface area contributed by atoms with Crippen LogP contribution >= 0.6 is 0 Å². The number of nitrogens with zero attached hydrogens (tertiary/aromatic N) is 1. The maximum atomic E-state index is 11.6. The second-order valence-electron chi connectivity index (χ2n) is 4.70. The van der Waals surface area contributed by atoms with Crippen LogP contribution in [0.2, 0.25) is 0 Å². The van der Waals surface area contributed by atoms with Gasteiger partial charge < -0.3 is 15.3 Å². The number of aliphatic hydroxyl groups is 1. The van der Waals surface area contributed by atoms with Gasteiger partial charge in [-0.15, -0.1) is 0 Å². The molecule has 86 valence electrons. The van der Waals surface area contributed by atoms with Gasteiger partial charge in [0.05, 0.1) is 6.10 Å². The van der Waals surface area contributed by atoms with Crippen molar-refractivity contribution in [2.45, 2.75) is 31.8 Å². The fraction of sp³-hybridized carbons (Fsp3) is 0.909. The van der Waals surface area contributed by atoms with E-state index in [0.717, 1.165) is 19.5 Å². The lowest BCUT2D eigenvalue weighted by atomic mass is 9.94. The minimum Gasteiger partial charge on any atom is -0.389 e. The average Bonchev–Trinajstić information content (AvgIpc) is 2.23. The van der Waals surface area contributed by atoms with Crippen LogP contribution in [0.1, 0.15) is 25.7 Å². The Bertz CT molecular complexity index is 221. The number of aliphatic hydroxyl groups excluding tert-OH is 1. The molecular formula is C11H20N2O2. The molecule has 0 aliphatic carbocycles. The van der Waals surface area contributed by atoms with Gasteiger partial charge in [-0.1, -0.05) is 0 Å². The molecular weight excluding hydrogens is 192 g/mol. The zero-order chi connectivity index (χ0) is 10.7. The van der Waals surface area contributed by atoms with Gasteiger partial charge in [-0.2, -0.15) is 0 Å². The average molecular weight is 212 g/mol. The molecule has 0 saturated carbocycles. The van der Waals surface area contributed by atoms with Gasteiger partial charge in [0.2, 0.25) is 5.91 Å². The quantitative estimate of drug-likeness (QED) is 0.690. The molecule has 2 aliphatic heterocycles. The number of amides is 1. The number of hydrogen-bond donors (Lipinski definition) is 2. The first-order valence-corrected chi connectivity index (χ1v) is 5.92. The Morgan fingerprint density at radius 3 is 2.87 bits per heavy atom. The van der Waals surface area contributed by atoms with E-state index in [2.05, 4.69) is 5.32 Å². The van der Waals surface area contributed by atoms with Crippen LogP contribution in [-0.2, 0) is 4.79 Å². The summed E-state index contributed by atoms with van der Waals surface area (Å²) in [6, 6.07) is 0. The third kappa shape index (κ3) is 2.92. The van der Waals surface area contributed by atoms with E-state index < -0.39 is 0 Å². The van der Waals surface area contributed by atoms with Crippen molar-refractivity contribution in [2.24, 2.45) is 5.92 Å². The van der Waals surface area contributed by atoms with Gasteiger partial charge in [-0.05, 0) is 38.3 Å². The second kappa shape index (κ2) is 4.94. The van der Waals surface area contributed by atoms with Gasteiger partial charge in [0.25, 0.3) is 0 Å². The van der Waals surface area contributed by atoms with E-state index >= 15 is 0 Å². The smallest absolute Gasteiger partial charge is 0.222 e. The van der Waals surface area contributed by atoms with Gasteiger partial charge in [-0.3, -0.25) is 4.79 Å². The largest absolute Gasteiger partial charge is 0.389 e. The standard InChI is InChI=1S/C11H20N2O2/c14-10-7-13(8-10)11(15)4-3-9-2-1-5-12-6-9/h9-10,12,14H,1-8H2. The van der Waals surface area contributed by atoms with Crippen LogP contribution < -0.4 is 5.32 Å². The second-order valence-corrected chi connectivity index (χ2v) is 4.70. The van der Waals surface area contributed by atoms with E-state index in [-0.39, 0.29) is 12.0 Å². The first kappa shape index (κ1) is 10.9. The molecule has 2 aliphatic rings. The van der Waals surface area contributed by atoms with Crippen LogP contribution in [0.4, 0.5) is 0 Å². The minimum atomic E-state index is -0.273. The van der Waals surface area contributed by atoms with Gasteiger partial charge in [0.1, 0.15) is 0 Å². The SMILES string of the molecule is O=C(CCC1CCCNC1)N1CC(O)C1. The first-order chi connectivity index (χ1) is 7.25. The Hall–Kier alpha value is -0.610. The van der Waals surface area contributed by atoms with Crippen molar-refractivity contribution in [1.29, 1.82) is 0 Å². The molecule has 15 heavy (non-hydrogen) atoms. The van der Waals surface area contributed by atoms with Crippen molar-refractivity contribution in [3.05, 3.63) is 0 Å². The summed E-state index contributed by atoms with van der Waals surface area (Å²) in [5.74, 6) is 0.889. The number of carbonyl (C=O) groups is 1. The normalized spacial score (nSPS) is 27.5. The summed E-state index contributed by atoms with van der Waals surface area (Å²) in [6.07, 6.45) is 3.87. The third-order valence-electron chi connectivity index (χ3n) is 3.38. The lowest BCUT2D eigenvalue weighted by molar-refractivity contribution is -0.141. The van der Waals surface area contributed by atoms with Crippen LogP contribution in [0, 0.1) is 5.92 Å². The highest BCUT2D eigenvalue weighted by Crippen LogP contribution is 2.18. The molecule has 2 saturated heterocycles. The number of β-amino-alcohol motifs (C(OH)–C–C–N with tert-alkyl or cyclic N) is 1. The van der Waals surface area contributed by atoms with Crippen LogP contribution in [0.15, 0.2) is 0 Å². The maximum absolute atomic E-state index is 11.6. The molecule has 2 rings (SSSR count). The summed E-state index contributed by atoms with van der Waals surface area (Å²) < 4.78 is 0. The lowest BCUT2D eigenvalue weighted by Gasteiger charge is -2.36. The zero-order valence-electron chi connectivity index (χ0n) is 9.11. The molecule has 0 aromatic heterocycles. The molecule has 0 bridgehead atoms.